The van der Waals surface area contributed by atoms with Crippen molar-refractivity contribution in [3.8, 4) is 6.26 Å². The molecule has 0 bridgehead atoms. The molecule has 0 unspecified atom stereocenters. The van der Waals surface area contributed by atoms with Crippen LogP contribution in [-0.4, -0.2) is 107 Å². The maximum absolute atomic E-state index is 12.4. The van der Waals surface area contributed by atoms with Gasteiger partial charge in [0.15, 0.2) is 22.2 Å². The van der Waals surface area contributed by atoms with Crippen LogP contribution in [0.3, 0.4) is 0 Å². The number of hydrogen-bond acceptors (Lipinski definition) is 15. The number of carbonyl (C=O) groups is 5. The highest BCUT2D eigenvalue weighted by Gasteiger charge is 2.39. The van der Waals surface area contributed by atoms with Gasteiger partial charge in [-0.15, -0.1) is 0 Å². The van der Waals surface area contributed by atoms with Gasteiger partial charge in [0.1, 0.15) is 33.0 Å². The van der Waals surface area contributed by atoms with Crippen molar-refractivity contribution in [2.24, 2.45) is 5.41 Å². The number of hydrogen-bond donors (Lipinski definition) is 0. The van der Waals surface area contributed by atoms with E-state index >= 15 is 0 Å². The number of rotatable bonds is 29. The summed E-state index contributed by atoms with van der Waals surface area (Å²) in [4.78, 5) is 57.0. The highest BCUT2D eigenvalue weighted by molar-refractivity contribution is 6.87. The molecule has 0 aromatic rings. The third-order valence-corrected chi connectivity index (χ3v) is 18.9. The summed E-state index contributed by atoms with van der Waals surface area (Å²) in [5.41, 5.74) is -2.19. The van der Waals surface area contributed by atoms with Gasteiger partial charge < -0.3 is 41.4 Å². The molecule has 18 heteroatoms. The van der Waals surface area contributed by atoms with E-state index in [4.69, 9.17) is 46.7 Å². The fourth-order valence-electron chi connectivity index (χ4n) is 4.90. The predicted octanol–water partition coefficient (Wildman–Crippen LogP) is 6.44. The van der Waals surface area contributed by atoms with Gasteiger partial charge in [-0.05, 0) is 64.7 Å². The molecule has 15 nitrogen and oxygen atoms in total. The summed E-state index contributed by atoms with van der Waals surface area (Å²) in [5, 5.41) is 8.45. The van der Waals surface area contributed by atoms with E-state index in [0.717, 1.165) is 42.8 Å². The second-order valence-electron chi connectivity index (χ2n) is 15.0. The second-order valence-corrected chi connectivity index (χ2v) is 27.5. The van der Waals surface area contributed by atoms with Crippen LogP contribution in [0, 0.1) is 16.9 Å². The van der Waals surface area contributed by atoms with E-state index < -0.39 is 66.1 Å². The van der Waals surface area contributed by atoms with E-state index in [0.29, 0.717) is 6.61 Å². The third kappa shape index (κ3) is 28.5. The van der Waals surface area contributed by atoms with Crippen LogP contribution in [0.25, 0.3) is 0 Å². The first-order chi connectivity index (χ1) is 26.0. The van der Waals surface area contributed by atoms with Crippen molar-refractivity contribution in [3.63, 3.8) is 0 Å². The molecule has 0 saturated carbocycles. The van der Waals surface area contributed by atoms with Crippen LogP contribution in [-0.2, 0) is 65.4 Å². The summed E-state index contributed by atoms with van der Waals surface area (Å²) < 4.78 is 48.5. The average molecular weight is 844 g/mol. The molecule has 56 heavy (non-hydrogen) atoms. The molecule has 0 atom stereocenters. The van der Waals surface area contributed by atoms with Crippen LogP contribution in [0.5, 0.6) is 0 Å². The molecule has 0 amide bonds. The normalized spacial score (nSPS) is 11.6. The van der Waals surface area contributed by atoms with E-state index in [1.54, 1.807) is 6.92 Å². The first-order valence-electron chi connectivity index (χ1n) is 18.3. The van der Waals surface area contributed by atoms with Crippen molar-refractivity contribution >= 4 is 55.0 Å². The first kappa shape index (κ1) is 54.2. The van der Waals surface area contributed by atoms with E-state index in [9.17, 15) is 24.0 Å². The molecule has 318 valence electrons. The van der Waals surface area contributed by atoms with Crippen molar-refractivity contribution in [1.29, 1.82) is 5.26 Å². The molecule has 0 aliphatic heterocycles. The van der Waals surface area contributed by atoms with Crippen molar-refractivity contribution in [3.05, 3.63) is 50.6 Å². The first-order valence-corrected chi connectivity index (χ1v) is 27.4. The molecule has 0 fully saturated rings. The highest BCUT2D eigenvalue weighted by atomic mass is 28.5. The van der Waals surface area contributed by atoms with Gasteiger partial charge in [0.05, 0.1) is 13.0 Å². The lowest BCUT2D eigenvalue weighted by molar-refractivity contribution is -0.157. The number of ether oxygens (including phenoxy) is 7. The lowest BCUT2D eigenvalue weighted by Crippen LogP contribution is -2.52. The monoisotopic (exact) mass is 843 g/mol. The lowest BCUT2D eigenvalue weighted by Gasteiger charge is -2.38. The molecule has 0 N–H and O–H groups in total. The maximum Gasteiger partial charge on any atom is 0.330 e. The Kier molecular flexibility index (Phi) is 26.8. The lowest BCUT2D eigenvalue weighted by atomic mass is 9.89. The van der Waals surface area contributed by atoms with Crippen LogP contribution in [0.1, 0.15) is 46.5 Å². The molecule has 0 saturated heterocycles. The molecular weight excluding hydrogens is 779 g/mol. The number of carbonyl (C=O) groups excluding carboxylic acids is 5. The summed E-state index contributed by atoms with van der Waals surface area (Å²) in [6.45, 7) is 31.9. The van der Waals surface area contributed by atoms with E-state index in [-0.39, 0.29) is 46.1 Å². The van der Waals surface area contributed by atoms with Crippen LogP contribution >= 0.6 is 0 Å². The SMILES string of the molecule is C=CC(=O)OCC(C)(COC(=O)C=C)CC(=O)OCCOCCC[Si](C)(C)O[Si](C)(C)O[Si](C)(C)CCCC.C=CC(=O)OCC(C)(COC(=O)C=C)OC#N. The smallest absolute Gasteiger partial charge is 0.330 e. The van der Waals surface area contributed by atoms with E-state index in [1.807, 2.05) is 0 Å². The molecule has 0 heterocycles. The summed E-state index contributed by atoms with van der Waals surface area (Å²) in [6, 6.07) is 2.11. The van der Waals surface area contributed by atoms with Gasteiger partial charge in [-0.25, -0.2) is 19.2 Å². The summed E-state index contributed by atoms with van der Waals surface area (Å²) >= 11 is 0. The van der Waals surface area contributed by atoms with Gasteiger partial charge in [0.2, 0.25) is 0 Å². The number of nitriles is 1. The fourth-order valence-corrected chi connectivity index (χ4v) is 19.1. The third-order valence-electron chi connectivity index (χ3n) is 7.43. The van der Waals surface area contributed by atoms with Crippen molar-refractivity contribution < 1.29 is 65.4 Å². The standard InChI is InChI=1S/C27H52O9Si3.C11H13NO5/c1-11-14-19-37(5,6)35-39(9,10)36-38(7,8)20-15-16-31-17-18-32-26(30)21-27(4,22-33-24(28)12-2)23-34-25(29)13-3;1-4-9(13)15-6-11(3,17-8-12)7-16-10(14)5-2/h12-13H,2-3,11,14-23H2,1,4-10H3;4-5H,1-2,6-7H2,3H3. The Morgan fingerprint density at radius 1 is 0.625 bits per heavy atom. The van der Waals surface area contributed by atoms with Crippen LogP contribution in [0.15, 0.2) is 50.6 Å². The second kappa shape index (κ2) is 27.7. The molecular formula is C38H65NO14Si3. The zero-order valence-electron chi connectivity index (χ0n) is 35.0. The highest BCUT2D eigenvalue weighted by Crippen LogP contribution is 2.27. The van der Waals surface area contributed by atoms with Crippen LogP contribution in [0.2, 0.25) is 51.4 Å². The van der Waals surface area contributed by atoms with Crippen molar-refractivity contribution in [2.45, 2.75) is 103 Å². The Labute approximate surface area is 336 Å². The number of nitrogens with zero attached hydrogens (tertiary/aromatic N) is 1. The zero-order chi connectivity index (χ0) is 43.5. The molecule has 0 aromatic heterocycles. The average Bonchev–Trinajstić information content (AvgIpc) is 3.12. The Bertz CT molecular complexity index is 1290. The Morgan fingerprint density at radius 3 is 1.43 bits per heavy atom. The van der Waals surface area contributed by atoms with Gasteiger partial charge >= 0.3 is 38.4 Å². The van der Waals surface area contributed by atoms with Crippen molar-refractivity contribution in [1.82, 2.24) is 0 Å². The largest absolute Gasteiger partial charge is 0.463 e. The molecule has 0 aromatic carbocycles. The van der Waals surface area contributed by atoms with Gasteiger partial charge in [-0.2, -0.15) is 5.26 Å². The number of esters is 5. The molecule has 0 radical (unpaired) electrons. The van der Waals surface area contributed by atoms with Gasteiger partial charge in [-0.3, -0.25) is 4.79 Å². The molecule has 0 rings (SSSR count). The summed E-state index contributed by atoms with van der Waals surface area (Å²) in [6.07, 6.45) is 8.58. The Hall–Kier alpha value is -3.87. The Morgan fingerprint density at radius 2 is 1.04 bits per heavy atom. The van der Waals surface area contributed by atoms with E-state index in [1.165, 1.54) is 26.0 Å². The topological polar surface area (TPSA) is 192 Å². The molecule has 0 spiro atoms. The fraction of sp³-hybridized carbons (Fsp3) is 0.632. The predicted molar refractivity (Wildman–Crippen MR) is 218 cm³/mol. The van der Waals surface area contributed by atoms with Gasteiger partial charge in [-0.1, -0.05) is 53.0 Å². The number of unbranched alkanes of at least 4 members (excludes halogenated alkanes) is 1. The van der Waals surface area contributed by atoms with Crippen molar-refractivity contribution in [2.75, 3.05) is 46.2 Å². The minimum absolute atomic E-state index is 0.0936. The van der Waals surface area contributed by atoms with Crippen LogP contribution in [0.4, 0.5) is 0 Å². The Balaban J connectivity index is 0. The summed E-state index contributed by atoms with van der Waals surface area (Å²) in [7, 11) is -5.84. The zero-order valence-corrected chi connectivity index (χ0v) is 38.0. The van der Waals surface area contributed by atoms with Gasteiger partial charge in [0.25, 0.3) is 6.26 Å². The maximum atomic E-state index is 12.4. The summed E-state index contributed by atoms with van der Waals surface area (Å²) in [5.74, 6) is -3.10. The molecule has 0 aliphatic rings. The minimum atomic E-state index is -2.21. The van der Waals surface area contributed by atoms with E-state index in [2.05, 4.69) is 72.5 Å². The quantitative estimate of drug-likeness (QED) is 0.0199. The minimum Gasteiger partial charge on any atom is -0.463 e. The van der Waals surface area contributed by atoms with Gasteiger partial charge in [0, 0.05) is 36.3 Å². The molecule has 0 aliphatic carbocycles. The van der Waals surface area contributed by atoms with Crippen LogP contribution < -0.4 is 0 Å².